The normalized spacial score (nSPS) is 9.65. The first kappa shape index (κ1) is 15.5. The highest BCUT2D eigenvalue weighted by Gasteiger charge is 2.26. The first-order chi connectivity index (χ1) is 9.00. The minimum absolute atomic E-state index is 0. The number of nitro benzene ring substituents is 2. The Bertz CT molecular complexity index is 676. The van der Waals surface area contributed by atoms with Crippen molar-refractivity contribution >= 4 is 23.8 Å². The van der Waals surface area contributed by atoms with Gasteiger partial charge in [-0.15, -0.1) is 12.4 Å². The largest absolute Gasteiger partial charge is 0.347 e. The van der Waals surface area contributed by atoms with Crippen LogP contribution in [0.1, 0.15) is 5.69 Å². The molecule has 0 N–H and O–H groups in total. The molecule has 104 valence electrons. The summed E-state index contributed by atoms with van der Waals surface area (Å²) in [5.74, 6) is 0. The number of pyridine rings is 1. The van der Waals surface area contributed by atoms with Gasteiger partial charge in [-0.05, 0) is 0 Å². The lowest BCUT2D eigenvalue weighted by Crippen LogP contribution is -2.34. The number of aryl methyl sites for hydroxylation is 1. The van der Waals surface area contributed by atoms with Crippen molar-refractivity contribution in [1.82, 2.24) is 0 Å². The molecule has 20 heavy (non-hydrogen) atoms. The lowest BCUT2D eigenvalue weighted by molar-refractivity contribution is -0.607. The summed E-state index contributed by atoms with van der Waals surface area (Å²) in [6.07, 6.45) is 1.67. The maximum absolute atomic E-state index is 11.1. The molecule has 1 aromatic heterocycles. The van der Waals surface area contributed by atoms with Crippen LogP contribution in [0.4, 0.5) is 11.4 Å². The molecule has 0 fully saturated rings. The SMILES string of the molecule is Cc1cccc[n+]1-c1ccc([N+](=O)[O-])cc1[N+](=O)[O-].Cl. The smallest absolute Gasteiger partial charge is 0.258 e. The third-order valence-corrected chi connectivity index (χ3v) is 2.69. The number of aromatic nitrogens is 1. The molecule has 0 spiro atoms. The Morgan fingerprint density at radius 3 is 2.30 bits per heavy atom. The number of hydrogen-bond acceptors (Lipinski definition) is 4. The highest BCUT2D eigenvalue weighted by Crippen LogP contribution is 2.24. The maximum atomic E-state index is 11.1. The fraction of sp³-hybridized carbons (Fsp3) is 0.0833. The zero-order valence-corrected chi connectivity index (χ0v) is 11.2. The summed E-state index contributed by atoms with van der Waals surface area (Å²) in [4.78, 5) is 20.4. The van der Waals surface area contributed by atoms with E-state index in [0.29, 0.717) is 5.69 Å². The van der Waals surface area contributed by atoms with Crippen molar-refractivity contribution in [2.75, 3.05) is 0 Å². The monoisotopic (exact) mass is 296 g/mol. The van der Waals surface area contributed by atoms with Crippen LogP contribution in [0.25, 0.3) is 5.69 Å². The van der Waals surface area contributed by atoms with Crippen LogP contribution in [0.3, 0.4) is 0 Å². The molecule has 0 amide bonds. The fourth-order valence-corrected chi connectivity index (χ4v) is 1.77. The summed E-state index contributed by atoms with van der Waals surface area (Å²) >= 11 is 0. The molecule has 0 saturated carbocycles. The molecular formula is C12H11ClN3O4+. The average molecular weight is 297 g/mol. The number of nitrogens with zero attached hydrogens (tertiary/aromatic N) is 3. The van der Waals surface area contributed by atoms with Crippen molar-refractivity contribution in [1.29, 1.82) is 0 Å². The van der Waals surface area contributed by atoms with E-state index in [4.69, 9.17) is 0 Å². The van der Waals surface area contributed by atoms with Gasteiger partial charge in [0.1, 0.15) is 6.07 Å². The molecule has 0 aliphatic heterocycles. The quantitative estimate of drug-likeness (QED) is 0.494. The van der Waals surface area contributed by atoms with Gasteiger partial charge in [-0.3, -0.25) is 20.2 Å². The molecule has 1 aromatic carbocycles. The molecule has 0 aliphatic rings. The summed E-state index contributed by atoms with van der Waals surface area (Å²) in [5, 5.41) is 21.7. The first-order valence-electron chi connectivity index (χ1n) is 5.41. The van der Waals surface area contributed by atoms with Crippen molar-refractivity contribution in [2.24, 2.45) is 0 Å². The second-order valence-corrected chi connectivity index (χ2v) is 3.90. The maximum Gasteiger partial charge on any atom is 0.347 e. The number of non-ortho nitro benzene ring substituents is 1. The summed E-state index contributed by atoms with van der Waals surface area (Å²) < 4.78 is 1.61. The Morgan fingerprint density at radius 2 is 1.75 bits per heavy atom. The van der Waals surface area contributed by atoms with Gasteiger partial charge in [0.25, 0.3) is 11.4 Å². The van der Waals surface area contributed by atoms with Crippen molar-refractivity contribution in [3.63, 3.8) is 0 Å². The van der Waals surface area contributed by atoms with Crippen LogP contribution >= 0.6 is 12.4 Å². The van der Waals surface area contributed by atoms with E-state index < -0.39 is 9.85 Å². The summed E-state index contributed by atoms with van der Waals surface area (Å²) in [7, 11) is 0. The summed E-state index contributed by atoms with van der Waals surface area (Å²) in [6, 6.07) is 8.94. The molecule has 2 rings (SSSR count). The van der Waals surface area contributed by atoms with Crippen LogP contribution < -0.4 is 4.57 Å². The molecule has 0 bridgehead atoms. The second-order valence-electron chi connectivity index (χ2n) is 3.90. The predicted molar refractivity (Wildman–Crippen MR) is 73.3 cm³/mol. The molecule has 0 saturated heterocycles. The van der Waals surface area contributed by atoms with E-state index in [1.54, 1.807) is 29.8 Å². The lowest BCUT2D eigenvalue weighted by Gasteiger charge is -2.00. The summed E-state index contributed by atoms with van der Waals surface area (Å²) in [5.41, 5.74) is 0.492. The van der Waals surface area contributed by atoms with E-state index >= 15 is 0 Å². The van der Waals surface area contributed by atoms with Gasteiger partial charge in [-0.25, -0.2) is 0 Å². The van der Waals surface area contributed by atoms with Crippen molar-refractivity contribution in [2.45, 2.75) is 6.92 Å². The molecule has 7 nitrogen and oxygen atoms in total. The zero-order valence-electron chi connectivity index (χ0n) is 10.4. The zero-order chi connectivity index (χ0) is 14.0. The van der Waals surface area contributed by atoms with E-state index in [-0.39, 0.29) is 23.8 Å². The molecule has 2 aromatic rings. The van der Waals surface area contributed by atoms with Crippen LogP contribution in [0.15, 0.2) is 42.6 Å². The van der Waals surface area contributed by atoms with Crippen LogP contribution in [0, 0.1) is 27.2 Å². The third-order valence-electron chi connectivity index (χ3n) is 2.69. The first-order valence-corrected chi connectivity index (χ1v) is 5.41. The Hall–Kier alpha value is -2.54. The Kier molecular flexibility index (Phi) is 4.71. The second kappa shape index (κ2) is 6.07. The molecule has 0 aliphatic carbocycles. The molecule has 8 heteroatoms. The standard InChI is InChI=1S/C12H10N3O4.ClH/c1-9-4-2-3-7-13(9)11-6-5-10(14(16)17)8-12(11)15(18)19;/h2-8H,1H3;1H/q+1;. The molecule has 0 unspecified atom stereocenters. The highest BCUT2D eigenvalue weighted by atomic mass is 35.5. The van der Waals surface area contributed by atoms with Crippen molar-refractivity contribution in [3.8, 4) is 5.69 Å². The van der Waals surface area contributed by atoms with Crippen molar-refractivity contribution < 1.29 is 14.4 Å². The molecule has 0 radical (unpaired) electrons. The topological polar surface area (TPSA) is 90.2 Å². The van der Waals surface area contributed by atoms with Crippen LogP contribution in [0.5, 0.6) is 0 Å². The lowest BCUT2D eigenvalue weighted by atomic mass is 10.2. The van der Waals surface area contributed by atoms with E-state index in [0.717, 1.165) is 11.8 Å². The third kappa shape index (κ3) is 2.89. The molecule has 1 heterocycles. The fourth-order valence-electron chi connectivity index (χ4n) is 1.77. The van der Waals surface area contributed by atoms with Gasteiger partial charge < -0.3 is 0 Å². The van der Waals surface area contributed by atoms with Gasteiger partial charge >= 0.3 is 5.69 Å². The van der Waals surface area contributed by atoms with Crippen molar-refractivity contribution in [3.05, 3.63) is 68.5 Å². The van der Waals surface area contributed by atoms with Crippen LogP contribution in [-0.2, 0) is 0 Å². The minimum Gasteiger partial charge on any atom is -0.258 e. The van der Waals surface area contributed by atoms with Gasteiger partial charge in [0.2, 0.25) is 0 Å². The molecule has 0 atom stereocenters. The van der Waals surface area contributed by atoms with Gasteiger partial charge in [-0.1, -0.05) is 6.07 Å². The van der Waals surface area contributed by atoms with Crippen LogP contribution in [-0.4, -0.2) is 9.85 Å². The summed E-state index contributed by atoms with van der Waals surface area (Å²) in [6.45, 7) is 1.80. The average Bonchev–Trinajstić information content (AvgIpc) is 2.38. The number of nitro groups is 2. The highest BCUT2D eigenvalue weighted by molar-refractivity contribution is 5.85. The van der Waals surface area contributed by atoms with Gasteiger partial charge in [0, 0.05) is 31.2 Å². The number of benzene rings is 1. The number of hydrogen-bond donors (Lipinski definition) is 0. The Morgan fingerprint density at radius 1 is 1.05 bits per heavy atom. The van der Waals surface area contributed by atoms with E-state index in [9.17, 15) is 20.2 Å². The van der Waals surface area contributed by atoms with E-state index in [1.807, 2.05) is 6.07 Å². The number of halogens is 1. The predicted octanol–water partition coefficient (Wildman–Crippen LogP) is 2.51. The number of rotatable bonds is 3. The van der Waals surface area contributed by atoms with Crippen LogP contribution in [0.2, 0.25) is 0 Å². The minimum atomic E-state index is -0.653. The van der Waals surface area contributed by atoms with E-state index in [2.05, 4.69) is 0 Å². The van der Waals surface area contributed by atoms with Gasteiger partial charge in [0.15, 0.2) is 11.9 Å². The Balaban J connectivity index is 0.00000200. The molecular weight excluding hydrogens is 286 g/mol. The Labute approximate surface area is 120 Å². The van der Waals surface area contributed by atoms with Gasteiger partial charge in [-0.2, -0.15) is 4.57 Å². The van der Waals surface area contributed by atoms with E-state index in [1.165, 1.54) is 12.1 Å². The van der Waals surface area contributed by atoms with Gasteiger partial charge in [0.05, 0.1) is 9.85 Å².